The molecule has 2 aromatic heterocycles. The molecule has 0 aliphatic heterocycles. The van der Waals surface area contributed by atoms with Crippen molar-refractivity contribution in [3.05, 3.63) is 35.1 Å². The molecule has 2 rings (SSSR count). The van der Waals surface area contributed by atoms with E-state index in [9.17, 15) is 4.79 Å². The topological polar surface area (TPSA) is 68.0 Å². The third-order valence-electron chi connectivity index (χ3n) is 2.61. The Kier molecular flexibility index (Phi) is 4.90. The summed E-state index contributed by atoms with van der Waals surface area (Å²) in [6, 6.07) is 5.21. The van der Waals surface area contributed by atoms with Gasteiger partial charge in [-0.1, -0.05) is 49.3 Å². The quantitative estimate of drug-likeness (QED) is 0.867. The van der Waals surface area contributed by atoms with E-state index in [1.165, 1.54) is 11.8 Å². The minimum Gasteiger partial charge on any atom is -0.338 e. The highest BCUT2D eigenvalue weighted by molar-refractivity contribution is 8.00. The van der Waals surface area contributed by atoms with Crippen LogP contribution in [0.3, 0.4) is 0 Å². The molecular weight excluding hydrogens is 310 g/mol. The summed E-state index contributed by atoms with van der Waals surface area (Å²) in [5.74, 6) is 0.346. The van der Waals surface area contributed by atoms with Crippen molar-refractivity contribution < 1.29 is 9.32 Å². The molecule has 0 aromatic carbocycles. The molecule has 0 saturated heterocycles. The molecule has 1 N–H and O–H groups in total. The van der Waals surface area contributed by atoms with E-state index in [0.717, 1.165) is 5.69 Å². The minimum absolute atomic E-state index is 0.122. The molecule has 0 aliphatic rings. The van der Waals surface area contributed by atoms with Gasteiger partial charge in [0.25, 0.3) is 0 Å². The Morgan fingerprint density at radius 2 is 2.24 bits per heavy atom. The van der Waals surface area contributed by atoms with Crippen LogP contribution in [-0.4, -0.2) is 21.8 Å². The van der Waals surface area contributed by atoms with Gasteiger partial charge in [-0.05, 0) is 12.1 Å². The molecule has 1 amide bonds. The summed E-state index contributed by atoms with van der Waals surface area (Å²) in [5, 5.41) is 7.77. The first kappa shape index (κ1) is 15.9. The minimum atomic E-state index is -0.196. The van der Waals surface area contributed by atoms with Crippen molar-refractivity contribution in [1.82, 2.24) is 10.1 Å². The summed E-state index contributed by atoms with van der Waals surface area (Å²) in [7, 11) is 0. The molecule has 0 aliphatic carbocycles. The molecule has 0 radical (unpaired) electrons. The molecule has 112 valence electrons. The molecule has 2 aromatic rings. The van der Waals surface area contributed by atoms with Gasteiger partial charge in [0.2, 0.25) is 11.8 Å². The Hall–Kier alpha value is -1.53. The molecule has 0 spiro atoms. The fourth-order valence-electron chi connectivity index (χ4n) is 1.47. The van der Waals surface area contributed by atoms with Gasteiger partial charge in [-0.15, -0.1) is 0 Å². The maximum atomic E-state index is 11.9. The average Bonchev–Trinajstić information content (AvgIpc) is 2.86. The number of nitrogens with one attached hydrogen (secondary N) is 1. The number of rotatable bonds is 4. The zero-order valence-corrected chi connectivity index (χ0v) is 13.6. The van der Waals surface area contributed by atoms with Crippen LogP contribution in [0.5, 0.6) is 0 Å². The molecule has 7 heteroatoms. The van der Waals surface area contributed by atoms with Gasteiger partial charge in [0.1, 0.15) is 5.03 Å². The molecule has 0 atom stereocenters. The van der Waals surface area contributed by atoms with Gasteiger partial charge < -0.3 is 4.52 Å². The second-order valence-corrected chi connectivity index (χ2v) is 6.82. The number of amides is 1. The highest BCUT2D eigenvalue weighted by Gasteiger charge is 2.19. The summed E-state index contributed by atoms with van der Waals surface area (Å²) >= 11 is 7.25. The maximum Gasteiger partial charge on any atom is 0.237 e. The number of halogens is 1. The van der Waals surface area contributed by atoms with Crippen molar-refractivity contribution in [1.29, 1.82) is 0 Å². The van der Waals surface area contributed by atoms with Crippen LogP contribution in [0.1, 0.15) is 26.5 Å². The van der Waals surface area contributed by atoms with Crippen LogP contribution >= 0.6 is 23.4 Å². The number of carbonyl (C=O) groups excluding carboxylic acids is 1. The van der Waals surface area contributed by atoms with Crippen molar-refractivity contribution in [3.63, 3.8) is 0 Å². The summed E-state index contributed by atoms with van der Waals surface area (Å²) in [6.07, 6.45) is 1.64. The van der Waals surface area contributed by atoms with E-state index in [0.29, 0.717) is 15.9 Å². The summed E-state index contributed by atoms with van der Waals surface area (Å²) in [6.45, 7) is 6.07. The van der Waals surface area contributed by atoms with Crippen LogP contribution in [0, 0.1) is 0 Å². The summed E-state index contributed by atoms with van der Waals surface area (Å²) in [4.78, 5) is 16.0. The van der Waals surface area contributed by atoms with E-state index < -0.39 is 0 Å². The Bertz CT molecular complexity index is 637. The van der Waals surface area contributed by atoms with Crippen molar-refractivity contribution >= 4 is 35.2 Å². The predicted octanol–water partition coefficient (Wildman–Crippen LogP) is 3.75. The maximum absolute atomic E-state index is 11.9. The highest BCUT2D eigenvalue weighted by atomic mass is 35.5. The molecule has 0 bridgehead atoms. The Balaban J connectivity index is 1.90. The van der Waals surface area contributed by atoms with E-state index in [1.807, 2.05) is 20.8 Å². The average molecular weight is 326 g/mol. The van der Waals surface area contributed by atoms with Crippen LogP contribution < -0.4 is 5.32 Å². The number of nitrogens with zero attached hydrogens (tertiary/aromatic N) is 2. The Labute approximate surface area is 132 Å². The first-order chi connectivity index (χ1) is 9.86. The van der Waals surface area contributed by atoms with Crippen LogP contribution in [0.4, 0.5) is 5.88 Å². The van der Waals surface area contributed by atoms with E-state index >= 15 is 0 Å². The lowest BCUT2D eigenvalue weighted by Crippen LogP contribution is -2.14. The number of hydrogen-bond donors (Lipinski definition) is 1. The number of thioether (sulfide) groups is 1. The predicted molar refractivity (Wildman–Crippen MR) is 83.8 cm³/mol. The van der Waals surface area contributed by atoms with Crippen molar-refractivity contribution in [2.75, 3.05) is 11.1 Å². The number of pyridine rings is 1. The second kappa shape index (κ2) is 6.49. The van der Waals surface area contributed by atoms with E-state index in [1.54, 1.807) is 24.4 Å². The zero-order chi connectivity index (χ0) is 15.5. The highest BCUT2D eigenvalue weighted by Crippen LogP contribution is 2.25. The van der Waals surface area contributed by atoms with Gasteiger partial charge >= 0.3 is 0 Å². The molecule has 5 nitrogen and oxygen atoms in total. The molecule has 0 fully saturated rings. The van der Waals surface area contributed by atoms with Gasteiger partial charge in [0.15, 0.2) is 0 Å². The normalized spacial score (nSPS) is 11.4. The van der Waals surface area contributed by atoms with Crippen LogP contribution in [0.2, 0.25) is 5.02 Å². The first-order valence-electron chi connectivity index (χ1n) is 6.36. The van der Waals surface area contributed by atoms with E-state index in [4.69, 9.17) is 16.1 Å². The monoisotopic (exact) mass is 325 g/mol. The zero-order valence-electron chi connectivity index (χ0n) is 12.0. The van der Waals surface area contributed by atoms with E-state index in [2.05, 4.69) is 15.5 Å². The van der Waals surface area contributed by atoms with Gasteiger partial charge in [-0.25, -0.2) is 4.98 Å². The number of aromatic nitrogens is 2. The second-order valence-electron chi connectivity index (χ2n) is 5.45. The molecular formula is C14H16ClN3O2S. The van der Waals surface area contributed by atoms with Crippen LogP contribution in [0.25, 0.3) is 0 Å². The molecule has 0 unspecified atom stereocenters. The van der Waals surface area contributed by atoms with Crippen LogP contribution in [-0.2, 0) is 10.2 Å². The SMILES string of the molecule is CC(C)(C)c1cc(NC(=O)CSc2ncccc2Cl)on1. The number of carbonyl (C=O) groups is 1. The van der Waals surface area contributed by atoms with E-state index in [-0.39, 0.29) is 17.1 Å². The number of hydrogen-bond acceptors (Lipinski definition) is 5. The largest absolute Gasteiger partial charge is 0.338 e. The van der Waals surface area contributed by atoms with Gasteiger partial charge in [-0.2, -0.15) is 0 Å². The van der Waals surface area contributed by atoms with Gasteiger partial charge in [-0.3, -0.25) is 10.1 Å². The third-order valence-corrected chi connectivity index (χ3v) is 4.03. The molecule has 2 heterocycles. The lowest BCUT2D eigenvalue weighted by molar-refractivity contribution is -0.113. The fraction of sp³-hybridized carbons (Fsp3) is 0.357. The number of anilines is 1. The lowest BCUT2D eigenvalue weighted by atomic mass is 9.92. The molecule has 21 heavy (non-hydrogen) atoms. The summed E-state index contributed by atoms with van der Waals surface area (Å²) in [5.41, 5.74) is 0.668. The smallest absolute Gasteiger partial charge is 0.237 e. The van der Waals surface area contributed by atoms with Crippen molar-refractivity contribution in [2.24, 2.45) is 0 Å². The fourth-order valence-corrected chi connectivity index (χ4v) is 2.44. The molecule has 0 saturated carbocycles. The third kappa shape index (κ3) is 4.47. The van der Waals surface area contributed by atoms with Crippen molar-refractivity contribution in [2.45, 2.75) is 31.2 Å². The Morgan fingerprint density at radius 3 is 2.86 bits per heavy atom. The Morgan fingerprint density at radius 1 is 1.48 bits per heavy atom. The first-order valence-corrected chi connectivity index (χ1v) is 7.73. The lowest BCUT2D eigenvalue weighted by Gasteiger charge is -2.12. The standard InChI is InChI=1S/C14H16ClN3O2S/c1-14(2,3)10-7-12(20-18-10)17-11(19)8-21-13-9(15)5-4-6-16-13/h4-7H,8H2,1-3H3,(H,17,19). The van der Waals surface area contributed by atoms with Crippen LogP contribution in [0.15, 0.2) is 33.9 Å². The van der Waals surface area contributed by atoms with Crippen molar-refractivity contribution in [3.8, 4) is 0 Å². The van der Waals surface area contributed by atoms with Gasteiger partial charge in [0.05, 0.1) is 16.5 Å². The van der Waals surface area contributed by atoms with Gasteiger partial charge in [0, 0.05) is 17.7 Å². The summed E-state index contributed by atoms with van der Waals surface area (Å²) < 4.78 is 5.10.